The highest BCUT2D eigenvalue weighted by molar-refractivity contribution is 7.53. The molecule has 0 aliphatic carbocycles. The largest absolute Gasteiger partial charge is 0.464 e. The van der Waals surface area contributed by atoms with Crippen molar-refractivity contribution in [1.82, 2.24) is 24.5 Å². The Morgan fingerprint density at radius 2 is 2.19 bits per heavy atom. The maximum atomic E-state index is 11.8. The van der Waals surface area contributed by atoms with Crippen molar-refractivity contribution in [3.63, 3.8) is 0 Å². The van der Waals surface area contributed by atoms with E-state index in [4.69, 9.17) is 19.6 Å². The molecule has 0 saturated carbocycles. The van der Waals surface area contributed by atoms with Gasteiger partial charge in [0, 0.05) is 0 Å². The topological polar surface area (TPSA) is 198 Å². The molecule has 1 fully saturated rings. The zero-order valence-corrected chi connectivity index (χ0v) is 17.8. The summed E-state index contributed by atoms with van der Waals surface area (Å²) in [6.07, 6.45) is 4.40. The number of imidazole rings is 1. The second-order valence-electron chi connectivity index (χ2n) is 6.91. The lowest BCUT2D eigenvalue weighted by Crippen LogP contribution is -2.30. The number of ether oxygens (including phenoxy) is 3. The minimum absolute atomic E-state index is 0.0328. The number of nitrogens with two attached hydrogens (primary N) is 1. The smallest absolute Gasteiger partial charge is 0.365 e. The summed E-state index contributed by atoms with van der Waals surface area (Å²) >= 11 is 0. The molecule has 4 N–H and O–H groups in total. The van der Waals surface area contributed by atoms with Gasteiger partial charge in [-0.25, -0.2) is 24.7 Å². The van der Waals surface area contributed by atoms with E-state index < -0.39 is 31.7 Å². The van der Waals surface area contributed by atoms with E-state index in [1.54, 1.807) is 4.57 Å². The van der Waals surface area contributed by atoms with Crippen LogP contribution < -0.4 is 5.73 Å². The van der Waals surface area contributed by atoms with Gasteiger partial charge in [0.25, 0.3) is 11.7 Å². The summed E-state index contributed by atoms with van der Waals surface area (Å²) in [6.45, 7) is 1.28. The molecular weight excluding hydrogens is 447 g/mol. The second kappa shape index (κ2) is 8.92. The van der Waals surface area contributed by atoms with Crippen LogP contribution in [-0.2, 0) is 23.6 Å². The standard InChI is InChI=1S/C17H21N6O8P/c1-2-28-16(24)17(32(25,26)27)30-7-9-3-4-10(31-9)23-8-20-11-12(18)21-13(22-14(11)23)15-19-5-6-29-15/h5-6,8-10,17H,2-4,7H2,1H3,(H2,18,21,22)(H2,25,26,27)/t9-,10+,17?/m0/s1. The Kier molecular flexibility index (Phi) is 6.22. The zero-order valence-electron chi connectivity index (χ0n) is 16.9. The lowest BCUT2D eigenvalue weighted by atomic mass is 10.2. The van der Waals surface area contributed by atoms with Crippen LogP contribution in [0.5, 0.6) is 0 Å². The maximum Gasteiger partial charge on any atom is 0.365 e. The molecule has 172 valence electrons. The lowest BCUT2D eigenvalue weighted by Gasteiger charge is -2.20. The van der Waals surface area contributed by atoms with Gasteiger partial charge in [-0.2, -0.15) is 0 Å². The number of esters is 1. The number of carbonyl (C=O) groups is 1. The Balaban J connectivity index is 1.48. The molecule has 3 aromatic rings. The minimum Gasteiger partial charge on any atom is -0.464 e. The summed E-state index contributed by atoms with van der Waals surface area (Å²) in [5.74, 6) is -2.58. The Bertz CT molecular complexity index is 1150. The first-order valence-electron chi connectivity index (χ1n) is 9.66. The molecule has 1 unspecified atom stereocenters. The van der Waals surface area contributed by atoms with Crippen molar-refractivity contribution in [2.24, 2.45) is 0 Å². The number of nitrogen functional groups attached to an aromatic ring is 1. The molecule has 4 rings (SSSR count). The summed E-state index contributed by atoms with van der Waals surface area (Å²) in [5.41, 5.74) is 6.80. The Morgan fingerprint density at radius 3 is 2.88 bits per heavy atom. The Morgan fingerprint density at radius 1 is 1.38 bits per heavy atom. The van der Waals surface area contributed by atoms with Gasteiger partial charge in [-0.1, -0.05) is 0 Å². The zero-order chi connectivity index (χ0) is 22.9. The molecule has 3 aromatic heterocycles. The van der Waals surface area contributed by atoms with Crippen LogP contribution in [0.15, 0.2) is 23.2 Å². The van der Waals surface area contributed by atoms with Crippen molar-refractivity contribution >= 4 is 30.5 Å². The predicted molar refractivity (Wildman–Crippen MR) is 107 cm³/mol. The fourth-order valence-electron chi connectivity index (χ4n) is 3.31. The first-order valence-corrected chi connectivity index (χ1v) is 11.3. The third kappa shape index (κ3) is 4.49. The van der Waals surface area contributed by atoms with Gasteiger partial charge >= 0.3 is 13.6 Å². The molecule has 1 aliphatic heterocycles. The number of anilines is 1. The monoisotopic (exact) mass is 468 g/mol. The molecule has 0 aromatic carbocycles. The van der Waals surface area contributed by atoms with E-state index in [1.807, 2.05) is 0 Å². The van der Waals surface area contributed by atoms with Crippen LogP contribution in [-0.4, -0.2) is 65.4 Å². The molecule has 32 heavy (non-hydrogen) atoms. The highest BCUT2D eigenvalue weighted by atomic mass is 31.2. The van der Waals surface area contributed by atoms with Gasteiger partial charge in [-0.05, 0) is 19.8 Å². The van der Waals surface area contributed by atoms with E-state index in [9.17, 15) is 19.1 Å². The molecule has 14 nitrogen and oxygen atoms in total. The number of nitrogens with zero attached hydrogens (tertiary/aromatic N) is 5. The van der Waals surface area contributed by atoms with Crippen LogP contribution in [0.2, 0.25) is 0 Å². The fraction of sp³-hybridized carbons (Fsp3) is 0.471. The van der Waals surface area contributed by atoms with Crippen molar-refractivity contribution < 1.29 is 37.8 Å². The summed E-state index contributed by atoms with van der Waals surface area (Å²) in [7, 11) is -4.86. The van der Waals surface area contributed by atoms with E-state index in [0.29, 0.717) is 24.0 Å². The van der Waals surface area contributed by atoms with Gasteiger partial charge in [0.15, 0.2) is 11.5 Å². The normalized spacial score (nSPS) is 20.0. The fourth-order valence-corrected chi connectivity index (χ4v) is 3.94. The van der Waals surface area contributed by atoms with Crippen LogP contribution in [0.3, 0.4) is 0 Å². The number of hydrogen-bond donors (Lipinski definition) is 3. The first kappa shape index (κ1) is 22.3. The number of aromatic nitrogens is 5. The van der Waals surface area contributed by atoms with Crippen LogP contribution in [0.25, 0.3) is 22.9 Å². The molecule has 15 heteroatoms. The Labute approximate surface area is 180 Å². The van der Waals surface area contributed by atoms with E-state index in [2.05, 4.69) is 24.7 Å². The van der Waals surface area contributed by atoms with Crippen LogP contribution in [0.4, 0.5) is 5.82 Å². The van der Waals surface area contributed by atoms with Crippen molar-refractivity contribution in [2.75, 3.05) is 18.9 Å². The SMILES string of the molecule is CCOC(=O)C(OC[C@@H]1CC[C@H](n2cnc3c(N)nc(-c4ncco4)nc32)O1)P(=O)(O)O. The van der Waals surface area contributed by atoms with E-state index >= 15 is 0 Å². The summed E-state index contributed by atoms with van der Waals surface area (Å²) in [5, 5.41) is 0. The Hall–Kier alpha value is -2.90. The van der Waals surface area contributed by atoms with Gasteiger partial charge < -0.3 is 34.1 Å². The van der Waals surface area contributed by atoms with Gasteiger partial charge in [-0.3, -0.25) is 9.13 Å². The minimum atomic E-state index is -4.86. The molecule has 4 heterocycles. The number of fused-ring (bicyclic) bond motifs is 1. The van der Waals surface area contributed by atoms with Gasteiger partial charge in [-0.15, -0.1) is 0 Å². The average molecular weight is 468 g/mol. The predicted octanol–water partition coefficient (Wildman–Crippen LogP) is 0.825. The quantitative estimate of drug-likeness (QED) is 0.310. The molecular formula is C17H21N6O8P. The van der Waals surface area contributed by atoms with E-state index in [1.165, 1.54) is 25.7 Å². The first-order chi connectivity index (χ1) is 15.3. The third-order valence-corrected chi connectivity index (χ3v) is 5.67. The van der Waals surface area contributed by atoms with Crippen LogP contribution in [0, 0.1) is 0 Å². The summed E-state index contributed by atoms with van der Waals surface area (Å²) in [4.78, 5) is 47.5. The van der Waals surface area contributed by atoms with Crippen molar-refractivity contribution in [1.29, 1.82) is 0 Å². The average Bonchev–Trinajstić information content (AvgIpc) is 3.47. The molecule has 0 radical (unpaired) electrons. The lowest BCUT2D eigenvalue weighted by molar-refractivity contribution is -0.154. The maximum absolute atomic E-state index is 11.8. The van der Waals surface area contributed by atoms with Crippen molar-refractivity contribution in [3.05, 3.63) is 18.8 Å². The molecule has 0 amide bonds. The molecule has 0 spiro atoms. The molecule has 1 saturated heterocycles. The van der Waals surface area contributed by atoms with Crippen molar-refractivity contribution in [3.8, 4) is 11.7 Å². The summed E-state index contributed by atoms with van der Waals surface area (Å²) in [6, 6.07) is 0. The van der Waals surface area contributed by atoms with Gasteiger partial charge in [0.2, 0.25) is 5.82 Å². The van der Waals surface area contributed by atoms with Crippen LogP contribution in [0.1, 0.15) is 26.0 Å². The highest BCUT2D eigenvalue weighted by Gasteiger charge is 2.40. The number of carbonyl (C=O) groups excluding carboxylic acids is 1. The molecule has 0 bridgehead atoms. The molecule has 1 aliphatic rings. The highest BCUT2D eigenvalue weighted by Crippen LogP contribution is 2.43. The van der Waals surface area contributed by atoms with Gasteiger partial charge in [0.1, 0.15) is 18.0 Å². The van der Waals surface area contributed by atoms with E-state index in [0.717, 1.165) is 0 Å². The van der Waals surface area contributed by atoms with E-state index in [-0.39, 0.29) is 30.7 Å². The van der Waals surface area contributed by atoms with Gasteiger partial charge in [0.05, 0.1) is 31.8 Å². The number of hydrogen-bond acceptors (Lipinski definition) is 11. The van der Waals surface area contributed by atoms with Crippen molar-refractivity contribution in [2.45, 2.75) is 37.9 Å². The second-order valence-corrected chi connectivity index (χ2v) is 8.56. The number of rotatable bonds is 8. The third-order valence-electron chi connectivity index (χ3n) is 4.70. The molecule has 3 atom stereocenters. The van der Waals surface area contributed by atoms with Crippen LogP contribution >= 0.6 is 7.60 Å². The number of oxazole rings is 1. The summed E-state index contributed by atoms with van der Waals surface area (Å²) < 4.78 is 34.3.